The third-order valence-corrected chi connectivity index (χ3v) is 3.44. The lowest BCUT2D eigenvalue weighted by Gasteiger charge is -2.09. The van der Waals surface area contributed by atoms with Crippen LogP contribution in [0.1, 0.15) is 5.56 Å². The van der Waals surface area contributed by atoms with Gasteiger partial charge in [-0.25, -0.2) is 4.98 Å². The first kappa shape index (κ1) is 11.9. The van der Waals surface area contributed by atoms with Gasteiger partial charge in [0.15, 0.2) is 0 Å². The van der Waals surface area contributed by atoms with Crippen molar-refractivity contribution in [2.45, 2.75) is 6.92 Å². The summed E-state index contributed by atoms with van der Waals surface area (Å²) < 4.78 is 6.09. The zero-order valence-electron chi connectivity index (χ0n) is 9.70. The van der Waals surface area contributed by atoms with Gasteiger partial charge < -0.3 is 10.1 Å². The van der Waals surface area contributed by atoms with Gasteiger partial charge in [0, 0.05) is 11.9 Å². The number of hydrogen-bond donors (Lipinski definition) is 1. The molecule has 1 N–H and O–H groups in total. The van der Waals surface area contributed by atoms with Gasteiger partial charge in [0.05, 0.1) is 11.6 Å². The van der Waals surface area contributed by atoms with E-state index in [1.54, 1.807) is 13.3 Å². The predicted octanol–water partition coefficient (Wildman–Crippen LogP) is 3.90. The van der Waals surface area contributed by atoms with E-state index in [2.05, 4.69) is 26.2 Å². The predicted molar refractivity (Wildman–Crippen MR) is 73.0 cm³/mol. The largest absolute Gasteiger partial charge is 0.497 e. The first-order chi connectivity index (χ1) is 8.20. The molecule has 0 aliphatic heterocycles. The van der Waals surface area contributed by atoms with Crippen molar-refractivity contribution in [3.63, 3.8) is 0 Å². The average Bonchev–Trinajstić information content (AvgIpc) is 2.36. The number of nitrogens with zero attached hydrogens (tertiary/aromatic N) is 1. The van der Waals surface area contributed by atoms with E-state index >= 15 is 0 Å². The van der Waals surface area contributed by atoms with E-state index < -0.39 is 0 Å². The zero-order chi connectivity index (χ0) is 12.3. The van der Waals surface area contributed by atoms with E-state index in [0.29, 0.717) is 0 Å². The number of aromatic nitrogens is 1. The van der Waals surface area contributed by atoms with Crippen LogP contribution in [0.25, 0.3) is 0 Å². The monoisotopic (exact) mass is 292 g/mol. The normalized spacial score (nSPS) is 10.1. The second kappa shape index (κ2) is 5.19. The maximum atomic E-state index is 5.11. The molecule has 3 nitrogen and oxygen atoms in total. The smallest absolute Gasteiger partial charge is 0.144 e. The van der Waals surface area contributed by atoms with E-state index in [0.717, 1.165) is 27.3 Å². The molecule has 0 saturated heterocycles. The zero-order valence-corrected chi connectivity index (χ0v) is 11.3. The third kappa shape index (κ3) is 2.77. The van der Waals surface area contributed by atoms with Gasteiger partial charge in [-0.2, -0.15) is 0 Å². The molecular formula is C13H13BrN2O. The van der Waals surface area contributed by atoms with E-state index in [1.807, 2.05) is 37.3 Å². The van der Waals surface area contributed by atoms with Crippen LogP contribution in [0.15, 0.2) is 41.0 Å². The fraction of sp³-hybridized carbons (Fsp3) is 0.154. The van der Waals surface area contributed by atoms with Crippen molar-refractivity contribution in [1.29, 1.82) is 0 Å². The van der Waals surface area contributed by atoms with Gasteiger partial charge in [0.25, 0.3) is 0 Å². The summed E-state index contributed by atoms with van der Waals surface area (Å²) >= 11 is 3.52. The van der Waals surface area contributed by atoms with Gasteiger partial charge in [-0.15, -0.1) is 0 Å². The molecule has 0 saturated carbocycles. The Labute approximate surface area is 109 Å². The Morgan fingerprint density at radius 2 is 1.88 bits per heavy atom. The minimum atomic E-state index is 0.815. The summed E-state index contributed by atoms with van der Waals surface area (Å²) in [6.45, 7) is 2.03. The number of benzene rings is 1. The van der Waals surface area contributed by atoms with Gasteiger partial charge in [0.2, 0.25) is 0 Å². The number of halogens is 1. The van der Waals surface area contributed by atoms with Crippen LogP contribution in [0.4, 0.5) is 11.5 Å². The number of nitrogens with one attached hydrogen (secondary N) is 1. The molecular weight excluding hydrogens is 280 g/mol. The lowest BCUT2D eigenvalue weighted by Crippen LogP contribution is -1.95. The SMILES string of the molecule is COc1ccc(Nc2nccc(C)c2Br)cc1. The fourth-order valence-electron chi connectivity index (χ4n) is 1.44. The first-order valence-corrected chi connectivity index (χ1v) is 6.02. The molecule has 0 radical (unpaired) electrons. The molecule has 88 valence electrons. The second-order valence-corrected chi connectivity index (χ2v) is 4.44. The highest BCUT2D eigenvalue weighted by atomic mass is 79.9. The van der Waals surface area contributed by atoms with Crippen molar-refractivity contribution in [3.05, 3.63) is 46.6 Å². The lowest BCUT2D eigenvalue weighted by atomic mass is 10.2. The average molecular weight is 293 g/mol. The molecule has 4 heteroatoms. The molecule has 0 fully saturated rings. The van der Waals surface area contributed by atoms with Crippen LogP contribution in [0, 0.1) is 6.92 Å². The summed E-state index contributed by atoms with van der Waals surface area (Å²) in [7, 11) is 1.65. The van der Waals surface area contributed by atoms with Crippen molar-refractivity contribution >= 4 is 27.4 Å². The lowest BCUT2D eigenvalue weighted by molar-refractivity contribution is 0.415. The number of aryl methyl sites for hydroxylation is 1. The third-order valence-electron chi connectivity index (χ3n) is 2.44. The number of hydrogen-bond acceptors (Lipinski definition) is 3. The number of rotatable bonds is 3. The minimum Gasteiger partial charge on any atom is -0.497 e. The van der Waals surface area contributed by atoms with Crippen molar-refractivity contribution in [2.75, 3.05) is 12.4 Å². The number of ether oxygens (including phenoxy) is 1. The summed E-state index contributed by atoms with van der Waals surface area (Å²) in [5.41, 5.74) is 2.13. The summed E-state index contributed by atoms with van der Waals surface area (Å²) in [5, 5.41) is 3.25. The number of anilines is 2. The Morgan fingerprint density at radius 3 is 2.53 bits per heavy atom. The van der Waals surface area contributed by atoms with Gasteiger partial charge in [-0.05, 0) is 58.7 Å². The number of methoxy groups -OCH3 is 1. The van der Waals surface area contributed by atoms with E-state index in [-0.39, 0.29) is 0 Å². The summed E-state index contributed by atoms with van der Waals surface area (Å²) in [6.07, 6.45) is 1.78. The van der Waals surface area contributed by atoms with Crippen LogP contribution < -0.4 is 10.1 Å². The Morgan fingerprint density at radius 1 is 1.18 bits per heavy atom. The van der Waals surface area contributed by atoms with Crippen LogP contribution in [-0.4, -0.2) is 12.1 Å². The highest BCUT2D eigenvalue weighted by Crippen LogP contribution is 2.27. The van der Waals surface area contributed by atoms with Gasteiger partial charge in [0.1, 0.15) is 11.6 Å². The van der Waals surface area contributed by atoms with Crippen LogP contribution in [-0.2, 0) is 0 Å². The number of pyridine rings is 1. The molecule has 0 unspecified atom stereocenters. The minimum absolute atomic E-state index is 0.815. The van der Waals surface area contributed by atoms with Crippen molar-refractivity contribution < 1.29 is 4.74 Å². The Balaban J connectivity index is 2.22. The van der Waals surface area contributed by atoms with Crippen LogP contribution in [0.3, 0.4) is 0 Å². The van der Waals surface area contributed by atoms with Gasteiger partial charge in [-0.3, -0.25) is 0 Å². The van der Waals surface area contributed by atoms with Gasteiger partial charge in [-0.1, -0.05) is 0 Å². The maximum absolute atomic E-state index is 5.11. The summed E-state index contributed by atoms with van der Waals surface area (Å²) in [4.78, 5) is 4.29. The fourth-order valence-corrected chi connectivity index (χ4v) is 1.77. The molecule has 0 aliphatic rings. The summed E-state index contributed by atoms with van der Waals surface area (Å²) in [5.74, 6) is 1.65. The van der Waals surface area contributed by atoms with E-state index in [9.17, 15) is 0 Å². The van der Waals surface area contributed by atoms with Gasteiger partial charge >= 0.3 is 0 Å². The van der Waals surface area contributed by atoms with Crippen LogP contribution in [0.2, 0.25) is 0 Å². The molecule has 0 aliphatic carbocycles. The summed E-state index contributed by atoms with van der Waals surface area (Å²) in [6, 6.07) is 9.69. The Bertz CT molecular complexity index is 511. The maximum Gasteiger partial charge on any atom is 0.144 e. The second-order valence-electron chi connectivity index (χ2n) is 3.64. The molecule has 1 aromatic heterocycles. The standard InChI is InChI=1S/C13H13BrN2O/c1-9-7-8-15-13(12(9)14)16-10-3-5-11(17-2)6-4-10/h3-8H,1-2H3,(H,15,16). The molecule has 0 atom stereocenters. The van der Waals surface area contributed by atoms with Crippen molar-refractivity contribution in [3.8, 4) is 5.75 Å². The molecule has 1 aromatic carbocycles. The first-order valence-electron chi connectivity index (χ1n) is 5.23. The highest BCUT2D eigenvalue weighted by Gasteiger charge is 2.04. The van der Waals surface area contributed by atoms with E-state index in [1.165, 1.54) is 0 Å². The van der Waals surface area contributed by atoms with Crippen LogP contribution >= 0.6 is 15.9 Å². The molecule has 0 spiro atoms. The molecule has 17 heavy (non-hydrogen) atoms. The van der Waals surface area contributed by atoms with Crippen molar-refractivity contribution in [1.82, 2.24) is 4.98 Å². The Hall–Kier alpha value is -1.55. The topological polar surface area (TPSA) is 34.1 Å². The molecule has 0 bridgehead atoms. The molecule has 0 amide bonds. The van der Waals surface area contributed by atoms with E-state index in [4.69, 9.17) is 4.74 Å². The quantitative estimate of drug-likeness (QED) is 0.931. The van der Waals surface area contributed by atoms with Crippen molar-refractivity contribution in [2.24, 2.45) is 0 Å². The van der Waals surface area contributed by atoms with Crippen LogP contribution in [0.5, 0.6) is 5.75 Å². The molecule has 2 rings (SSSR count). The Kier molecular flexibility index (Phi) is 3.64. The molecule has 2 aromatic rings. The molecule has 1 heterocycles. The highest BCUT2D eigenvalue weighted by molar-refractivity contribution is 9.10.